The Morgan fingerprint density at radius 1 is 0.298 bits per heavy atom. The van der Waals surface area contributed by atoms with Gasteiger partial charge in [-0.3, -0.25) is 9.59 Å². The van der Waals surface area contributed by atoms with Crippen LogP contribution in [0.25, 0.3) is 0 Å². The number of carbonyl (C=O) groups is 2. The van der Waals surface area contributed by atoms with Gasteiger partial charge in [0, 0.05) is 5.92 Å². The second kappa shape index (κ2) is 46.2. The average molecular weight is 803 g/mol. The van der Waals surface area contributed by atoms with E-state index in [1.165, 1.54) is 244 Å². The highest BCUT2D eigenvalue weighted by molar-refractivity contribution is 5.99. The Labute approximate surface area is 359 Å². The van der Waals surface area contributed by atoms with Gasteiger partial charge >= 0.3 is 5.97 Å². The van der Waals surface area contributed by atoms with Gasteiger partial charge in [0.25, 0.3) is 0 Å². The van der Waals surface area contributed by atoms with Crippen LogP contribution in [-0.4, -0.2) is 16.9 Å². The van der Waals surface area contributed by atoms with Crippen LogP contribution in [0.5, 0.6) is 0 Å². The Bertz CT molecular complexity index is 807. The van der Waals surface area contributed by atoms with Crippen LogP contribution in [0.1, 0.15) is 317 Å². The van der Waals surface area contributed by atoms with Crippen LogP contribution >= 0.6 is 0 Å². The van der Waals surface area contributed by atoms with E-state index in [0.717, 1.165) is 38.5 Å². The third-order valence-corrected chi connectivity index (χ3v) is 13.4. The largest absolute Gasteiger partial charge is 0.481 e. The summed E-state index contributed by atoms with van der Waals surface area (Å²) in [5.74, 6) is -1.26. The second-order valence-electron chi connectivity index (χ2n) is 18.9. The summed E-state index contributed by atoms with van der Waals surface area (Å²) < 4.78 is 0. The summed E-state index contributed by atoms with van der Waals surface area (Å²) in [6.07, 6.45) is 57.3. The van der Waals surface area contributed by atoms with E-state index in [1.54, 1.807) is 0 Å². The number of ketones is 1. The lowest BCUT2D eigenvalue weighted by Crippen LogP contribution is -2.34. The van der Waals surface area contributed by atoms with Crippen LogP contribution in [-0.2, 0) is 9.59 Å². The van der Waals surface area contributed by atoms with Crippen molar-refractivity contribution in [3.05, 3.63) is 0 Å². The highest BCUT2D eigenvalue weighted by Crippen LogP contribution is 2.34. The first-order valence-corrected chi connectivity index (χ1v) is 26.8. The molecule has 0 spiro atoms. The maximum Gasteiger partial charge on any atom is 0.314 e. The van der Waals surface area contributed by atoms with E-state index in [4.69, 9.17) is 0 Å². The number of rotatable bonds is 49. The minimum atomic E-state index is -0.852. The molecule has 0 saturated heterocycles. The standard InChI is InChI=1S/C54H106O3/c1-5-9-13-17-21-23-25-27-29-31-33-36-40-44-48-51(50(46-42-38-20-16-12-8-4)47-43-39-35-19-15-11-7-3)53(55)52(54(56)57)49-45-41-37-34-32-30-28-26-24-22-18-14-10-6-2/h50-52H,5-49H2,1-4H3,(H,56,57). The Morgan fingerprint density at radius 2 is 0.509 bits per heavy atom. The van der Waals surface area contributed by atoms with Crippen LogP contribution in [0.2, 0.25) is 0 Å². The van der Waals surface area contributed by atoms with E-state index in [-0.39, 0.29) is 11.7 Å². The molecule has 0 aromatic carbocycles. The van der Waals surface area contributed by atoms with Gasteiger partial charge in [0.1, 0.15) is 11.7 Å². The van der Waals surface area contributed by atoms with E-state index in [0.29, 0.717) is 12.3 Å². The number of aliphatic carboxylic acids is 1. The van der Waals surface area contributed by atoms with E-state index < -0.39 is 11.9 Å². The van der Waals surface area contributed by atoms with Crippen LogP contribution in [0.4, 0.5) is 0 Å². The summed E-state index contributed by atoms with van der Waals surface area (Å²) in [5, 5.41) is 10.5. The van der Waals surface area contributed by atoms with Crippen LogP contribution < -0.4 is 0 Å². The normalized spacial score (nSPS) is 13.3. The summed E-state index contributed by atoms with van der Waals surface area (Å²) in [5.41, 5.74) is 0. The molecular formula is C54H106O3. The van der Waals surface area contributed by atoms with Crippen molar-refractivity contribution in [3.8, 4) is 0 Å². The van der Waals surface area contributed by atoms with E-state index in [1.807, 2.05) is 0 Å². The Morgan fingerprint density at radius 3 is 0.754 bits per heavy atom. The fourth-order valence-corrected chi connectivity index (χ4v) is 9.46. The molecular weight excluding hydrogens is 697 g/mol. The van der Waals surface area contributed by atoms with Gasteiger partial charge in [-0.25, -0.2) is 0 Å². The van der Waals surface area contributed by atoms with E-state index >= 15 is 0 Å². The van der Waals surface area contributed by atoms with Gasteiger partial charge in [-0.1, -0.05) is 291 Å². The monoisotopic (exact) mass is 803 g/mol. The number of carboxylic acid groups (broad SMARTS) is 1. The molecule has 0 heterocycles. The zero-order valence-corrected chi connectivity index (χ0v) is 39.8. The summed E-state index contributed by atoms with van der Waals surface area (Å²) in [4.78, 5) is 27.2. The second-order valence-corrected chi connectivity index (χ2v) is 18.9. The number of carboxylic acids is 1. The molecule has 57 heavy (non-hydrogen) atoms. The predicted molar refractivity (Wildman–Crippen MR) is 254 cm³/mol. The molecule has 0 radical (unpaired) electrons. The van der Waals surface area contributed by atoms with Crippen LogP contribution in [0.15, 0.2) is 0 Å². The zero-order chi connectivity index (χ0) is 41.7. The average Bonchev–Trinajstić information content (AvgIpc) is 3.21. The molecule has 0 amide bonds. The molecule has 0 aromatic heterocycles. The lowest BCUT2D eigenvalue weighted by molar-refractivity contribution is -0.148. The molecule has 0 bridgehead atoms. The summed E-state index contributed by atoms with van der Waals surface area (Å²) >= 11 is 0. The summed E-state index contributed by atoms with van der Waals surface area (Å²) in [7, 11) is 0. The minimum Gasteiger partial charge on any atom is -0.481 e. The van der Waals surface area contributed by atoms with Crippen molar-refractivity contribution >= 4 is 11.8 Å². The first kappa shape index (κ1) is 56.1. The number of hydrogen-bond donors (Lipinski definition) is 1. The third kappa shape index (κ3) is 37.8. The number of carbonyl (C=O) groups excluding carboxylic acids is 1. The fourth-order valence-electron chi connectivity index (χ4n) is 9.46. The quantitative estimate of drug-likeness (QED) is 0.0492. The number of unbranched alkanes of at least 4 members (excludes halogenated alkanes) is 37. The van der Waals surface area contributed by atoms with Gasteiger partial charge in [0.2, 0.25) is 0 Å². The van der Waals surface area contributed by atoms with Gasteiger partial charge < -0.3 is 5.11 Å². The summed E-state index contributed by atoms with van der Waals surface area (Å²) in [6, 6.07) is 0. The fraction of sp³-hybridized carbons (Fsp3) is 0.963. The van der Waals surface area contributed by atoms with Gasteiger partial charge in [-0.15, -0.1) is 0 Å². The smallest absolute Gasteiger partial charge is 0.314 e. The number of hydrogen-bond acceptors (Lipinski definition) is 2. The minimum absolute atomic E-state index is 0.0641. The van der Waals surface area contributed by atoms with Crippen molar-refractivity contribution in [2.75, 3.05) is 0 Å². The number of Topliss-reactive ketones (excluding diaryl/α,β-unsaturated/α-hetero) is 1. The molecule has 3 heteroatoms. The topological polar surface area (TPSA) is 54.4 Å². The third-order valence-electron chi connectivity index (χ3n) is 13.4. The van der Waals surface area contributed by atoms with Crippen molar-refractivity contribution in [1.29, 1.82) is 0 Å². The summed E-state index contributed by atoms with van der Waals surface area (Å²) in [6.45, 7) is 9.14. The van der Waals surface area contributed by atoms with E-state index in [9.17, 15) is 14.7 Å². The molecule has 0 saturated carbocycles. The molecule has 0 aliphatic heterocycles. The molecule has 3 atom stereocenters. The highest BCUT2D eigenvalue weighted by Gasteiger charge is 2.35. The van der Waals surface area contributed by atoms with E-state index in [2.05, 4.69) is 27.7 Å². The Hall–Kier alpha value is -0.860. The molecule has 1 N–H and O–H groups in total. The van der Waals surface area contributed by atoms with Crippen molar-refractivity contribution in [1.82, 2.24) is 0 Å². The molecule has 340 valence electrons. The zero-order valence-electron chi connectivity index (χ0n) is 39.8. The van der Waals surface area contributed by atoms with Gasteiger partial charge in [-0.05, 0) is 31.6 Å². The molecule has 0 fully saturated rings. The molecule has 0 aliphatic carbocycles. The molecule has 3 unspecified atom stereocenters. The van der Waals surface area contributed by atoms with Gasteiger partial charge in [-0.2, -0.15) is 0 Å². The van der Waals surface area contributed by atoms with Crippen molar-refractivity contribution in [2.24, 2.45) is 17.8 Å². The SMILES string of the molecule is CCCCCCCCCCCCCCCCC(C(=O)O)C(=O)C(CCCCCCCCCCCCCCCC)C(CCCCCCCC)CCCCCCCCC. The first-order chi connectivity index (χ1) is 28.0. The van der Waals surface area contributed by atoms with Crippen molar-refractivity contribution in [2.45, 2.75) is 317 Å². The first-order valence-electron chi connectivity index (χ1n) is 26.8. The Kier molecular flexibility index (Phi) is 45.5. The molecule has 0 aromatic rings. The molecule has 3 nitrogen and oxygen atoms in total. The lowest BCUT2D eigenvalue weighted by Gasteiger charge is -2.29. The van der Waals surface area contributed by atoms with Crippen molar-refractivity contribution < 1.29 is 14.7 Å². The maximum absolute atomic E-state index is 14.5. The van der Waals surface area contributed by atoms with Crippen LogP contribution in [0.3, 0.4) is 0 Å². The predicted octanol–water partition coefficient (Wildman–Crippen LogP) is 19.1. The lowest BCUT2D eigenvalue weighted by atomic mass is 9.74. The molecule has 0 rings (SSSR count). The van der Waals surface area contributed by atoms with Gasteiger partial charge in [0.15, 0.2) is 0 Å². The Balaban J connectivity index is 5.12. The van der Waals surface area contributed by atoms with Crippen LogP contribution in [0, 0.1) is 17.8 Å². The maximum atomic E-state index is 14.5. The molecule has 0 aliphatic rings. The van der Waals surface area contributed by atoms with Gasteiger partial charge in [0.05, 0.1) is 0 Å². The highest BCUT2D eigenvalue weighted by atomic mass is 16.4. The van der Waals surface area contributed by atoms with Crippen molar-refractivity contribution in [3.63, 3.8) is 0 Å².